The van der Waals surface area contributed by atoms with E-state index in [-0.39, 0.29) is 11.9 Å². The minimum atomic E-state index is -0.218. The minimum Gasteiger partial charge on any atom is -0.497 e. The fourth-order valence-electron chi connectivity index (χ4n) is 2.19. The molecular formula is C17H20FNO2. The van der Waals surface area contributed by atoms with Crippen LogP contribution in [-0.2, 0) is 0 Å². The number of halogens is 1. The first kappa shape index (κ1) is 15.2. The van der Waals surface area contributed by atoms with Gasteiger partial charge in [0, 0.05) is 11.3 Å². The van der Waals surface area contributed by atoms with E-state index in [1.54, 1.807) is 27.2 Å². The summed E-state index contributed by atoms with van der Waals surface area (Å²) in [6.45, 7) is 3.74. The third-order valence-electron chi connectivity index (χ3n) is 3.46. The van der Waals surface area contributed by atoms with Gasteiger partial charge in [0.2, 0.25) is 0 Å². The molecule has 21 heavy (non-hydrogen) atoms. The van der Waals surface area contributed by atoms with Gasteiger partial charge in [-0.05, 0) is 49.7 Å². The maximum atomic E-state index is 13.6. The number of hydrogen-bond donors (Lipinski definition) is 1. The standard InChI is InChI=1S/C17H20FNO2/c1-11-5-6-13(9-16(11)18)19-12(2)15-10-14(20-3)7-8-17(15)21-4/h5-10,12,19H,1-4H3. The minimum absolute atomic E-state index is 0.0443. The number of hydrogen-bond acceptors (Lipinski definition) is 3. The van der Waals surface area contributed by atoms with Gasteiger partial charge in [0.05, 0.1) is 20.3 Å². The molecule has 4 heteroatoms. The van der Waals surface area contributed by atoms with Gasteiger partial charge in [-0.1, -0.05) is 6.07 Å². The van der Waals surface area contributed by atoms with Gasteiger partial charge in [0.25, 0.3) is 0 Å². The zero-order valence-electron chi connectivity index (χ0n) is 12.7. The number of anilines is 1. The van der Waals surface area contributed by atoms with Crippen molar-refractivity contribution in [3.63, 3.8) is 0 Å². The Kier molecular flexibility index (Phi) is 4.68. The number of benzene rings is 2. The van der Waals surface area contributed by atoms with E-state index < -0.39 is 0 Å². The Balaban J connectivity index is 2.26. The van der Waals surface area contributed by atoms with E-state index in [9.17, 15) is 4.39 Å². The lowest BCUT2D eigenvalue weighted by molar-refractivity contribution is 0.397. The molecule has 0 amide bonds. The monoisotopic (exact) mass is 289 g/mol. The zero-order chi connectivity index (χ0) is 15.4. The molecule has 0 aromatic heterocycles. The first-order valence-corrected chi connectivity index (χ1v) is 6.79. The molecule has 1 unspecified atom stereocenters. The van der Waals surface area contributed by atoms with Crippen LogP contribution in [0.2, 0.25) is 0 Å². The van der Waals surface area contributed by atoms with Gasteiger partial charge < -0.3 is 14.8 Å². The van der Waals surface area contributed by atoms with Crippen LogP contribution < -0.4 is 14.8 Å². The first-order valence-electron chi connectivity index (χ1n) is 6.79. The topological polar surface area (TPSA) is 30.5 Å². The number of methoxy groups -OCH3 is 2. The quantitative estimate of drug-likeness (QED) is 0.889. The highest BCUT2D eigenvalue weighted by atomic mass is 19.1. The van der Waals surface area contributed by atoms with Crippen molar-refractivity contribution in [1.82, 2.24) is 0 Å². The summed E-state index contributed by atoms with van der Waals surface area (Å²) in [5.74, 6) is 1.31. The van der Waals surface area contributed by atoms with Crippen LogP contribution in [0.1, 0.15) is 24.1 Å². The average molecular weight is 289 g/mol. The Morgan fingerprint density at radius 2 is 1.81 bits per heavy atom. The van der Waals surface area contributed by atoms with Crippen LogP contribution in [0.25, 0.3) is 0 Å². The lowest BCUT2D eigenvalue weighted by Crippen LogP contribution is -2.09. The van der Waals surface area contributed by atoms with E-state index in [2.05, 4.69) is 5.32 Å². The molecule has 2 rings (SSSR count). The summed E-state index contributed by atoms with van der Waals surface area (Å²) in [5, 5.41) is 3.28. The molecule has 112 valence electrons. The fraction of sp³-hybridized carbons (Fsp3) is 0.294. The first-order chi connectivity index (χ1) is 10.0. The molecule has 0 bridgehead atoms. The van der Waals surface area contributed by atoms with Gasteiger partial charge in [-0.2, -0.15) is 0 Å². The molecule has 0 aliphatic rings. The Labute approximate surface area is 124 Å². The molecule has 0 aliphatic carbocycles. The number of ether oxygens (including phenoxy) is 2. The van der Waals surface area contributed by atoms with Crippen LogP contribution in [-0.4, -0.2) is 14.2 Å². The molecule has 0 fully saturated rings. The molecule has 0 heterocycles. The summed E-state index contributed by atoms with van der Waals surface area (Å²) in [7, 11) is 3.25. The van der Waals surface area contributed by atoms with Crippen molar-refractivity contribution in [2.24, 2.45) is 0 Å². The lowest BCUT2D eigenvalue weighted by Gasteiger charge is -2.19. The third kappa shape index (κ3) is 3.45. The van der Waals surface area contributed by atoms with Crippen molar-refractivity contribution in [3.05, 3.63) is 53.3 Å². The summed E-state index contributed by atoms with van der Waals surface area (Å²) >= 11 is 0. The van der Waals surface area contributed by atoms with E-state index in [0.29, 0.717) is 5.56 Å². The van der Waals surface area contributed by atoms with Crippen molar-refractivity contribution in [1.29, 1.82) is 0 Å². The largest absolute Gasteiger partial charge is 0.497 e. The molecule has 1 N–H and O–H groups in total. The summed E-state index contributed by atoms with van der Waals surface area (Å²) in [5.41, 5.74) is 2.32. The number of aryl methyl sites for hydroxylation is 1. The Morgan fingerprint density at radius 3 is 2.43 bits per heavy atom. The van der Waals surface area contributed by atoms with E-state index >= 15 is 0 Å². The van der Waals surface area contributed by atoms with Crippen LogP contribution in [0, 0.1) is 12.7 Å². The molecule has 0 spiro atoms. The highest BCUT2D eigenvalue weighted by molar-refractivity contribution is 5.50. The van der Waals surface area contributed by atoms with Crippen molar-refractivity contribution >= 4 is 5.69 Å². The molecule has 1 atom stereocenters. The second-order valence-electron chi connectivity index (χ2n) is 4.94. The van der Waals surface area contributed by atoms with Crippen molar-refractivity contribution in [2.75, 3.05) is 19.5 Å². The van der Waals surface area contributed by atoms with Gasteiger partial charge in [0.15, 0.2) is 0 Å². The molecular weight excluding hydrogens is 269 g/mol. The smallest absolute Gasteiger partial charge is 0.128 e. The van der Waals surface area contributed by atoms with Crippen molar-refractivity contribution in [2.45, 2.75) is 19.9 Å². The Bertz CT molecular complexity index is 628. The third-order valence-corrected chi connectivity index (χ3v) is 3.46. The highest BCUT2D eigenvalue weighted by Crippen LogP contribution is 2.31. The van der Waals surface area contributed by atoms with Crippen LogP contribution in [0.15, 0.2) is 36.4 Å². The average Bonchev–Trinajstić information content (AvgIpc) is 2.50. The Morgan fingerprint density at radius 1 is 1.05 bits per heavy atom. The second kappa shape index (κ2) is 6.48. The lowest BCUT2D eigenvalue weighted by atomic mass is 10.1. The Hall–Kier alpha value is -2.23. The van der Waals surface area contributed by atoms with E-state index in [1.807, 2.05) is 31.2 Å². The van der Waals surface area contributed by atoms with E-state index in [4.69, 9.17) is 9.47 Å². The van der Waals surface area contributed by atoms with Crippen LogP contribution >= 0.6 is 0 Å². The summed E-state index contributed by atoms with van der Waals surface area (Å²) in [6.07, 6.45) is 0. The normalized spacial score (nSPS) is 11.9. The maximum absolute atomic E-state index is 13.6. The molecule has 2 aromatic carbocycles. The van der Waals surface area contributed by atoms with Crippen LogP contribution in [0.4, 0.5) is 10.1 Å². The van der Waals surface area contributed by atoms with Gasteiger partial charge >= 0.3 is 0 Å². The summed E-state index contributed by atoms with van der Waals surface area (Å²) < 4.78 is 24.2. The van der Waals surface area contributed by atoms with E-state index in [0.717, 1.165) is 22.7 Å². The fourth-order valence-corrected chi connectivity index (χ4v) is 2.19. The highest BCUT2D eigenvalue weighted by Gasteiger charge is 2.13. The van der Waals surface area contributed by atoms with E-state index in [1.165, 1.54) is 6.07 Å². The SMILES string of the molecule is COc1ccc(OC)c(C(C)Nc2ccc(C)c(F)c2)c1. The molecule has 0 aliphatic heterocycles. The van der Waals surface area contributed by atoms with Gasteiger partial charge in [-0.3, -0.25) is 0 Å². The van der Waals surface area contributed by atoms with Crippen LogP contribution in [0.5, 0.6) is 11.5 Å². The predicted octanol–water partition coefficient (Wildman–Crippen LogP) is 4.32. The number of rotatable bonds is 5. The van der Waals surface area contributed by atoms with Gasteiger partial charge in [0.1, 0.15) is 17.3 Å². The molecule has 0 saturated heterocycles. The van der Waals surface area contributed by atoms with Gasteiger partial charge in [-0.15, -0.1) is 0 Å². The predicted molar refractivity (Wildman–Crippen MR) is 82.7 cm³/mol. The zero-order valence-corrected chi connectivity index (χ0v) is 12.7. The molecule has 3 nitrogen and oxygen atoms in total. The molecule has 0 radical (unpaired) electrons. The van der Waals surface area contributed by atoms with Gasteiger partial charge in [-0.25, -0.2) is 4.39 Å². The van der Waals surface area contributed by atoms with Crippen molar-refractivity contribution in [3.8, 4) is 11.5 Å². The summed E-state index contributed by atoms with van der Waals surface area (Å²) in [6, 6.07) is 10.7. The second-order valence-corrected chi connectivity index (χ2v) is 4.94. The summed E-state index contributed by atoms with van der Waals surface area (Å²) in [4.78, 5) is 0. The maximum Gasteiger partial charge on any atom is 0.128 e. The molecule has 0 saturated carbocycles. The van der Waals surface area contributed by atoms with Crippen LogP contribution in [0.3, 0.4) is 0 Å². The molecule has 2 aromatic rings. The number of nitrogens with one attached hydrogen (secondary N) is 1. The van der Waals surface area contributed by atoms with Crippen molar-refractivity contribution < 1.29 is 13.9 Å².